The number of carbonyl (C=O) groups is 2. The number of hydrogen-bond acceptors (Lipinski definition) is 4. The first-order chi connectivity index (χ1) is 9.69. The molecule has 5 heteroatoms. The molecule has 2 atom stereocenters. The predicted molar refractivity (Wildman–Crippen MR) is 83.0 cm³/mol. The van der Waals surface area contributed by atoms with E-state index in [9.17, 15) is 9.59 Å². The molecule has 0 radical (unpaired) electrons. The first-order valence-corrected chi connectivity index (χ1v) is 7.04. The van der Waals surface area contributed by atoms with Gasteiger partial charge in [-0.15, -0.1) is 0 Å². The molecule has 0 saturated heterocycles. The van der Waals surface area contributed by atoms with Gasteiger partial charge in [0.05, 0.1) is 0 Å². The summed E-state index contributed by atoms with van der Waals surface area (Å²) >= 11 is 0. The maximum Gasteiger partial charge on any atom is 0.328 e. The Balaban J connectivity index is 2.50. The number of benzene rings is 1. The Hall–Kier alpha value is -2.04. The Labute approximate surface area is 126 Å². The van der Waals surface area contributed by atoms with E-state index < -0.39 is 23.7 Å². The summed E-state index contributed by atoms with van der Waals surface area (Å²) in [4.78, 5) is 23.9. The van der Waals surface area contributed by atoms with Crippen molar-refractivity contribution in [1.82, 2.24) is 5.32 Å². The van der Waals surface area contributed by atoms with Crippen molar-refractivity contribution >= 4 is 17.6 Å². The molecule has 0 spiro atoms. The molecule has 0 aliphatic rings. The predicted octanol–water partition coefficient (Wildman–Crippen LogP) is 2.33. The molecule has 21 heavy (non-hydrogen) atoms. The quantitative estimate of drug-likeness (QED) is 0.817. The third kappa shape index (κ3) is 6.29. The molecule has 1 aromatic rings. The Bertz CT molecular complexity index is 480. The molecule has 0 aliphatic carbocycles. The number of esters is 1. The van der Waals surface area contributed by atoms with Crippen LogP contribution < -0.4 is 10.6 Å². The highest BCUT2D eigenvalue weighted by molar-refractivity contribution is 5.88. The summed E-state index contributed by atoms with van der Waals surface area (Å²) in [6.07, 6.45) is 0. The zero-order chi connectivity index (χ0) is 16.0. The molecule has 0 aliphatic heterocycles. The Morgan fingerprint density at radius 3 is 2.14 bits per heavy atom. The van der Waals surface area contributed by atoms with E-state index in [-0.39, 0.29) is 5.91 Å². The molecular formula is C16H24N2O3. The van der Waals surface area contributed by atoms with E-state index in [1.807, 2.05) is 30.3 Å². The molecule has 2 N–H and O–H groups in total. The number of nitrogens with one attached hydrogen (secondary N) is 2. The average molecular weight is 292 g/mol. The third-order valence-electron chi connectivity index (χ3n) is 2.67. The number of hydrogen-bond donors (Lipinski definition) is 2. The molecule has 0 fully saturated rings. The summed E-state index contributed by atoms with van der Waals surface area (Å²) < 4.78 is 5.22. The molecular weight excluding hydrogens is 268 g/mol. The van der Waals surface area contributed by atoms with Gasteiger partial charge in [-0.1, -0.05) is 18.2 Å². The van der Waals surface area contributed by atoms with Gasteiger partial charge in [-0.2, -0.15) is 0 Å². The maximum absolute atomic E-state index is 12.0. The number of anilines is 1. The summed E-state index contributed by atoms with van der Waals surface area (Å²) in [6.45, 7) is 8.72. The van der Waals surface area contributed by atoms with E-state index in [1.54, 1.807) is 34.6 Å². The van der Waals surface area contributed by atoms with Gasteiger partial charge in [-0.3, -0.25) is 4.79 Å². The van der Waals surface area contributed by atoms with Crippen molar-refractivity contribution in [2.75, 3.05) is 5.32 Å². The number of rotatable bonds is 5. The van der Waals surface area contributed by atoms with Crippen LogP contribution in [0.5, 0.6) is 0 Å². The molecule has 0 bridgehead atoms. The minimum absolute atomic E-state index is 0.253. The van der Waals surface area contributed by atoms with Crippen LogP contribution in [-0.4, -0.2) is 29.6 Å². The number of para-hydroxylation sites is 1. The topological polar surface area (TPSA) is 67.4 Å². The van der Waals surface area contributed by atoms with Gasteiger partial charge >= 0.3 is 5.97 Å². The lowest BCUT2D eigenvalue weighted by molar-refractivity contribution is -0.158. The van der Waals surface area contributed by atoms with Crippen LogP contribution in [0.3, 0.4) is 0 Å². The van der Waals surface area contributed by atoms with Crippen LogP contribution in [0.25, 0.3) is 0 Å². The summed E-state index contributed by atoms with van der Waals surface area (Å²) in [5, 5.41) is 5.72. The van der Waals surface area contributed by atoms with Crippen molar-refractivity contribution in [3.63, 3.8) is 0 Å². The van der Waals surface area contributed by atoms with Crippen LogP contribution in [0.4, 0.5) is 5.69 Å². The summed E-state index contributed by atoms with van der Waals surface area (Å²) in [6, 6.07) is 8.30. The molecule has 1 rings (SSSR count). The monoisotopic (exact) mass is 292 g/mol. The third-order valence-corrected chi connectivity index (χ3v) is 2.67. The normalized spacial score (nSPS) is 14.0. The number of amides is 1. The molecule has 0 heterocycles. The van der Waals surface area contributed by atoms with Gasteiger partial charge in [0.15, 0.2) is 0 Å². The van der Waals surface area contributed by atoms with Crippen LogP contribution in [0.15, 0.2) is 30.3 Å². The van der Waals surface area contributed by atoms with Crippen LogP contribution in [0.1, 0.15) is 34.6 Å². The lowest BCUT2D eigenvalue weighted by atomic mass is 10.2. The van der Waals surface area contributed by atoms with Crippen molar-refractivity contribution in [2.45, 2.75) is 52.3 Å². The van der Waals surface area contributed by atoms with E-state index in [2.05, 4.69) is 10.6 Å². The molecule has 116 valence electrons. The zero-order valence-electron chi connectivity index (χ0n) is 13.3. The first-order valence-electron chi connectivity index (χ1n) is 7.04. The first kappa shape index (κ1) is 17.0. The van der Waals surface area contributed by atoms with Crippen molar-refractivity contribution in [2.24, 2.45) is 0 Å². The Morgan fingerprint density at radius 1 is 1.05 bits per heavy atom. The van der Waals surface area contributed by atoms with Crippen LogP contribution in [-0.2, 0) is 14.3 Å². The van der Waals surface area contributed by atoms with Crippen LogP contribution >= 0.6 is 0 Å². The minimum atomic E-state index is -0.684. The fourth-order valence-corrected chi connectivity index (χ4v) is 1.64. The van der Waals surface area contributed by atoms with Gasteiger partial charge in [0, 0.05) is 5.69 Å². The van der Waals surface area contributed by atoms with Gasteiger partial charge in [-0.05, 0) is 46.8 Å². The summed E-state index contributed by atoms with van der Waals surface area (Å²) in [5.74, 6) is -0.694. The van der Waals surface area contributed by atoms with E-state index in [4.69, 9.17) is 4.74 Å². The molecule has 0 unspecified atom stereocenters. The van der Waals surface area contributed by atoms with E-state index in [0.29, 0.717) is 0 Å². The zero-order valence-corrected chi connectivity index (χ0v) is 13.3. The highest BCUT2D eigenvalue weighted by atomic mass is 16.6. The minimum Gasteiger partial charge on any atom is -0.458 e. The van der Waals surface area contributed by atoms with Crippen molar-refractivity contribution in [3.8, 4) is 0 Å². The van der Waals surface area contributed by atoms with E-state index in [0.717, 1.165) is 5.69 Å². The molecule has 0 saturated carbocycles. The average Bonchev–Trinajstić information content (AvgIpc) is 2.37. The van der Waals surface area contributed by atoms with Crippen molar-refractivity contribution < 1.29 is 14.3 Å². The van der Waals surface area contributed by atoms with Crippen molar-refractivity contribution in [1.29, 1.82) is 0 Å². The SMILES string of the molecule is C[C@H](Nc1ccccc1)C(=O)N[C@@H](C)C(=O)OC(C)(C)C. The Morgan fingerprint density at radius 2 is 1.62 bits per heavy atom. The largest absolute Gasteiger partial charge is 0.458 e. The summed E-state index contributed by atoms with van der Waals surface area (Å²) in [7, 11) is 0. The second-order valence-corrected chi connectivity index (χ2v) is 6.00. The fraction of sp³-hybridized carbons (Fsp3) is 0.500. The summed E-state index contributed by atoms with van der Waals surface area (Å²) in [5.41, 5.74) is 0.286. The fourth-order valence-electron chi connectivity index (χ4n) is 1.64. The lowest BCUT2D eigenvalue weighted by Gasteiger charge is -2.23. The van der Waals surface area contributed by atoms with E-state index >= 15 is 0 Å². The second-order valence-electron chi connectivity index (χ2n) is 6.00. The maximum atomic E-state index is 12.0. The van der Waals surface area contributed by atoms with E-state index in [1.165, 1.54) is 0 Å². The van der Waals surface area contributed by atoms with Crippen LogP contribution in [0, 0.1) is 0 Å². The van der Waals surface area contributed by atoms with Crippen molar-refractivity contribution in [3.05, 3.63) is 30.3 Å². The van der Waals surface area contributed by atoms with Gasteiger partial charge in [0.25, 0.3) is 0 Å². The molecule has 1 aromatic carbocycles. The van der Waals surface area contributed by atoms with Gasteiger partial charge in [0.1, 0.15) is 17.7 Å². The van der Waals surface area contributed by atoms with Gasteiger partial charge < -0.3 is 15.4 Å². The molecule has 1 amide bonds. The number of ether oxygens (including phenoxy) is 1. The standard InChI is InChI=1S/C16H24N2O3/c1-11(17-13-9-7-6-8-10-13)14(19)18-12(2)15(20)21-16(3,4)5/h6-12,17H,1-5H3,(H,18,19)/t11-,12-/m0/s1. The molecule has 0 aromatic heterocycles. The smallest absolute Gasteiger partial charge is 0.328 e. The van der Waals surface area contributed by atoms with Gasteiger partial charge in [0.2, 0.25) is 5.91 Å². The lowest BCUT2D eigenvalue weighted by Crippen LogP contribution is -2.47. The number of carbonyl (C=O) groups excluding carboxylic acids is 2. The van der Waals surface area contributed by atoms with Gasteiger partial charge in [-0.25, -0.2) is 4.79 Å². The highest BCUT2D eigenvalue weighted by Crippen LogP contribution is 2.09. The Kier molecular flexibility index (Phi) is 5.76. The second kappa shape index (κ2) is 7.11. The molecule has 5 nitrogen and oxygen atoms in total. The van der Waals surface area contributed by atoms with Crippen LogP contribution in [0.2, 0.25) is 0 Å². The highest BCUT2D eigenvalue weighted by Gasteiger charge is 2.24.